The van der Waals surface area contributed by atoms with Crippen molar-refractivity contribution in [1.82, 2.24) is 5.48 Å². The Labute approximate surface area is 109 Å². The number of hydrogen-bond acceptors (Lipinski definition) is 4. The molecule has 0 fully saturated rings. The fraction of sp³-hybridized carbons (Fsp3) is 0.300. The van der Waals surface area contributed by atoms with E-state index in [1.807, 2.05) is 6.92 Å². The summed E-state index contributed by atoms with van der Waals surface area (Å²) in [6.45, 7) is 1.86. The molecule has 1 atom stereocenters. The van der Waals surface area contributed by atoms with E-state index in [1.54, 1.807) is 24.3 Å². The highest BCUT2D eigenvalue weighted by Gasteiger charge is 2.31. The summed E-state index contributed by atoms with van der Waals surface area (Å²) in [5.74, 6) is -0.939. The molecule has 0 aromatic heterocycles. The van der Waals surface area contributed by atoms with Crippen LogP contribution in [0.5, 0.6) is 0 Å². The first-order chi connectivity index (χ1) is 8.34. The van der Waals surface area contributed by atoms with Crippen LogP contribution >= 0.6 is 19.4 Å². The van der Waals surface area contributed by atoms with Gasteiger partial charge in [0, 0.05) is 0 Å². The Kier molecular flexibility index (Phi) is 5.37. The van der Waals surface area contributed by atoms with Crippen molar-refractivity contribution < 1.29 is 24.4 Å². The van der Waals surface area contributed by atoms with E-state index in [4.69, 9.17) is 5.21 Å². The quantitative estimate of drug-likeness (QED) is 0.371. The van der Waals surface area contributed by atoms with Crippen LogP contribution in [0.2, 0.25) is 0 Å². The van der Waals surface area contributed by atoms with Crippen molar-refractivity contribution in [2.45, 2.75) is 11.9 Å². The summed E-state index contributed by atoms with van der Waals surface area (Å²) in [4.78, 5) is 28.3. The minimum Gasteiger partial charge on any atom is -0.323 e. The van der Waals surface area contributed by atoms with Crippen LogP contribution < -0.4 is 5.48 Å². The van der Waals surface area contributed by atoms with Gasteiger partial charge < -0.3 is 9.79 Å². The Bertz CT molecular complexity index is 458. The molecular weight excluding hydrogens is 277 g/mol. The number of nitrogens with one attached hydrogen (secondary N) is 1. The second kappa shape index (κ2) is 6.36. The maximum absolute atomic E-state index is 11.4. The number of benzene rings is 1. The number of amides is 1. The second-order valence-corrected chi connectivity index (χ2v) is 6.84. The van der Waals surface area contributed by atoms with Gasteiger partial charge in [-0.25, -0.2) is 5.48 Å². The summed E-state index contributed by atoms with van der Waals surface area (Å²) in [5, 5.41) is 8.35. The Balaban J connectivity index is 2.89. The first kappa shape index (κ1) is 15.2. The lowest BCUT2D eigenvalue weighted by Crippen LogP contribution is -2.21. The van der Waals surface area contributed by atoms with E-state index < -0.39 is 18.5 Å². The van der Waals surface area contributed by atoms with Crippen molar-refractivity contribution in [2.75, 3.05) is 5.75 Å². The number of rotatable bonds is 5. The van der Waals surface area contributed by atoms with Crippen molar-refractivity contribution in [2.24, 2.45) is 0 Å². The first-order valence-corrected chi connectivity index (χ1v) is 7.74. The molecule has 6 nitrogen and oxygen atoms in total. The summed E-state index contributed by atoms with van der Waals surface area (Å²) < 4.78 is 11.4. The van der Waals surface area contributed by atoms with Crippen LogP contribution in [0.1, 0.15) is 16.1 Å². The molecule has 0 aliphatic heterocycles. The van der Waals surface area contributed by atoms with Crippen molar-refractivity contribution in [3.63, 3.8) is 0 Å². The van der Waals surface area contributed by atoms with Gasteiger partial charge in [0.25, 0.3) is 5.91 Å². The van der Waals surface area contributed by atoms with E-state index in [0.717, 1.165) is 17.3 Å². The molecule has 1 rings (SSSR count). The SMILES string of the molecule is Cc1ccc(C(SCC(=O)NO)P(=O)(O)O)cc1. The first-order valence-electron chi connectivity index (χ1n) is 5.01. The summed E-state index contributed by atoms with van der Waals surface area (Å²) in [6.07, 6.45) is 0. The van der Waals surface area contributed by atoms with Gasteiger partial charge in [-0.2, -0.15) is 0 Å². The maximum atomic E-state index is 11.4. The van der Waals surface area contributed by atoms with Gasteiger partial charge in [-0.15, -0.1) is 11.8 Å². The third-order valence-corrected chi connectivity index (χ3v) is 5.36. The Morgan fingerprint density at radius 2 is 1.94 bits per heavy atom. The van der Waals surface area contributed by atoms with Crippen molar-refractivity contribution in [3.05, 3.63) is 35.4 Å². The molecule has 0 heterocycles. The summed E-state index contributed by atoms with van der Waals surface area (Å²) in [7, 11) is -4.38. The molecule has 0 aliphatic rings. The van der Waals surface area contributed by atoms with Crippen molar-refractivity contribution in [3.8, 4) is 0 Å². The highest BCUT2D eigenvalue weighted by molar-refractivity contribution is 8.05. The summed E-state index contributed by atoms with van der Waals surface area (Å²) >= 11 is 0.785. The van der Waals surface area contributed by atoms with E-state index in [1.165, 1.54) is 5.48 Å². The minimum atomic E-state index is -4.38. The van der Waals surface area contributed by atoms with Gasteiger partial charge in [0.15, 0.2) is 0 Å². The zero-order valence-corrected chi connectivity index (χ0v) is 11.3. The lowest BCUT2D eigenvalue weighted by atomic mass is 10.2. The number of aryl methyl sites for hydroxylation is 1. The van der Waals surface area contributed by atoms with Crippen LogP contribution in [-0.2, 0) is 9.36 Å². The number of carbonyl (C=O) groups excluding carboxylic acids is 1. The average molecular weight is 291 g/mol. The lowest BCUT2D eigenvalue weighted by molar-refractivity contribution is -0.126. The molecule has 0 spiro atoms. The number of hydroxylamine groups is 1. The Hall–Kier alpha value is -0.850. The molecule has 0 aliphatic carbocycles. The minimum absolute atomic E-state index is 0.236. The molecule has 1 aromatic carbocycles. The van der Waals surface area contributed by atoms with Crippen LogP contribution in [0.25, 0.3) is 0 Å². The number of hydrogen-bond donors (Lipinski definition) is 4. The largest absolute Gasteiger partial charge is 0.342 e. The number of thioether (sulfide) groups is 1. The van der Waals surface area contributed by atoms with Crippen LogP contribution in [0.4, 0.5) is 0 Å². The van der Waals surface area contributed by atoms with E-state index in [2.05, 4.69) is 0 Å². The summed E-state index contributed by atoms with van der Waals surface area (Å²) in [5.41, 5.74) is 2.84. The summed E-state index contributed by atoms with van der Waals surface area (Å²) in [6, 6.07) is 6.71. The van der Waals surface area contributed by atoms with E-state index >= 15 is 0 Å². The Morgan fingerprint density at radius 3 is 2.39 bits per heavy atom. The molecule has 0 radical (unpaired) electrons. The fourth-order valence-corrected chi connectivity index (χ4v) is 3.59. The topological polar surface area (TPSA) is 107 Å². The zero-order chi connectivity index (χ0) is 13.8. The van der Waals surface area contributed by atoms with Crippen LogP contribution in [0.3, 0.4) is 0 Å². The molecule has 8 heteroatoms. The average Bonchev–Trinajstić information content (AvgIpc) is 2.29. The second-order valence-electron chi connectivity index (χ2n) is 3.70. The third-order valence-electron chi connectivity index (χ3n) is 2.16. The van der Waals surface area contributed by atoms with Gasteiger partial charge in [0.2, 0.25) is 0 Å². The van der Waals surface area contributed by atoms with Crippen LogP contribution in [0.15, 0.2) is 24.3 Å². The smallest absolute Gasteiger partial charge is 0.323 e. The molecule has 4 N–H and O–H groups in total. The van der Waals surface area contributed by atoms with Crippen molar-refractivity contribution in [1.29, 1.82) is 0 Å². The van der Waals surface area contributed by atoms with Gasteiger partial charge in [-0.05, 0) is 12.5 Å². The van der Waals surface area contributed by atoms with E-state index in [-0.39, 0.29) is 5.75 Å². The molecule has 0 saturated heterocycles. The normalized spacial score (nSPS) is 13.1. The molecule has 0 bridgehead atoms. The lowest BCUT2D eigenvalue weighted by Gasteiger charge is -2.18. The van der Waals surface area contributed by atoms with Gasteiger partial charge >= 0.3 is 7.60 Å². The van der Waals surface area contributed by atoms with Gasteiger partial charge in [-0.3, -0.25) is 14.6 Å². The Morgan fingerprint density at radius 1 is 1.39 bits per heavy atom. The van der Waals surface area contributed by atoms with Crippen LogP contribution in [-0.4, -0.2) is 26.7 Å². The monoisotopic (exact) mass is 291 g/mol. The van der Waals surface area contributed by atoms with Gasteiger partial charge in [-0.1, -0.05) is 29.8 Å². The molecule has 100 valence electrons. The third kappa shape index (κ3) is 4.44. The van der Waals surface area contributed by atoms with E-state index in [9.17, 15) is 19.1 Å². The predicted octanol–water partition coefficient (Wildman–Crippen LogP) is 1.41. The number of carbonyl (C=O) groups is 1. The molecule has 18 heavy (non-hydrogen) atoms. The molecule has 1 amide bonds. The highest BCUT2D eigenvalue weighted by Crippen LogP contribution is 2.57. The standard InChI is InChI=1S/C10H14NO5PS/c1-7-2-4-8(5-3-7)10(17(14,15)16)18-6-9(12)11-13/h2-5,10,13H,6H2,1H3,(H,11,12)(H2,14,15,16). The maximum Gasteiger partial charge on any atom is 0.342 e. The highest BCUT2D eigenvalue weighted by atomic mass is 32.2. The molecule has 1 aromatic rings. The fourth-order valence-electron chi connectivity index (χ4n) is 1.31. The predicted molar refractivity (Wildman–Crippen MR) is 68.4 cm³/mol. The zero-order valence-electron chi connectivity index (χ0n) is 9.61. The van der Waals surface area contributed by atoms with Crippen LogP contribution in [0, 0.1) is 6.92 Å². The molecule has 1 unspecified atom stereocenters. The van der Waals surface area contributed by atoms with Gasteiger partial charge in [0.05, 0.1) is 5.75 Å². The van der Waals surface area contributed by atoms with Gasteiger partial charge in [0.1, 0.15) is 4.99 Å². The molecular formula is C10H14NO5PS. The van der Waals surface area contributed by atoms with E-state index in [0.29, 0.717) is 5.56 Å². The van der Waals surface area contributed by atoms with Crippen molar-refractivity contribution >= 4 is 25.3 Å². The molecule has 0 saturated carbocycles.